The van der Waals surface area contributed by atoms with Gasteiger partial charge < -0.3 is 5.32 Å². The van der Waals surface area contributed by atoms with Gasteiger partial charge in [0, 0.05) is 18.8 Å². The topological polar surface area (TPSA) is 137 Å². The highest BCUT2D eigenvalue weighted by atomic mass is 35.5. The smallest absolute Gasteiger partial charge is 0.313 e. The van der Waals surface area contributed by atoms with Crippen molar-refractivity contribution in [3.05, 3.63) is 33.1 Å². The molecule has 1 fully saturated rings. The first kappa shape index (κ1) is 17.6. The summed E-state index contributed by atoms with van der Waals surface area (Å²) in [4.78, 5) is 31.0. The Morgan fingerprint density at radius 2 is 2.09 bits per heavy atom. The number of aromatic amines is 2. The highest BCUT2D eigenvalue weighted by Gasteiger charge is 2.20. The molecule has 0 bridgehead atoms. The third-order valence-electron chi connectivity index (χ3n) is 3.56. The summed E-state index contributed by atoms with van der Waals surface area (Å²) in [6, 6.07) is 1.31. The number of halogens is 1. The Morgan fingerprint density at radius 3 is 2.78 bits per heavy atom. The summed E-state index contributed by atoms with van der Waals surface area (Å²) in [5, 5.41) is 3.20. The number of hydrogen-bond donors (Lipinski definition) is 4. The summed E-state index contributed by atoms with van der Waals surface area (Å²) in [6.07, 6.45) is 3.05. The number of H-pyrrole nitrogens is 2. The minimum Gasteiger partial charge on any atom is -0.313 e. The number of aromatic nitrogens is 3. The van der Waals surface area contributed by atoms with Gasteiger partial charge in [-0.25, -0.2) is 22.9 Å². The highest BCUT2D eigenvalue weighted by molar-refractivity contribution is 7.89. The molecule has 1 unspecified atom stereocenters. The zero-order valence-corrected chi connectivity index (χ0v) is 13.6. The summed E-state index contributed by atoms with van der Waals surface area (Å²) < 4.78 is 27.0. The standard InChI is InChI=1S/C12H15N5O4S.ClH/c18-11-9-4-8(6-14-10(9)16-12(19)17-11)22(20,21)15-5-7-2-1-3-13-7;/h4,6-7,13,15H,1-3,5H2,(H2,14,16,17,18,19);1H. The van der Waals surface area contributed by atoms with Crippen molar-refractivity contribution >= 4 is 33.5 Å². The van der Waals surface area contributed by atoms with E-state index in [2.05, 4.69) is 20.0 Å². The van der Waals surface area contributed by atoms with Crippen LogP contribution in [0.2, 0.25) is 0 Å². The maximum Gasteiger partial charge on any atom is 0.327 e. The Bertz CT molecular complexity index is 917. The molecule has 11 heteroatoms. The van der Waals surface area contributed by atoms with Gasteiger partial charge in [0.15, 0.2) is 0 Å². The van der Waals surface area contributed by atoms with Gasteiger partial charge in [0.1, 0.15) is 10.5 Å². The van der Waals surface area contributed by atoms with Gasteiger partial charge in [0.25, 0.3) is 5.56 Å². The van der Waals surface area contributed by atoms with Crippen LogP contribution in [-0.2, 0) is 10.0 Å². The SMILES string of the molecule is Cl.O=c1[nH]c(=O)c2cc(S(=O)(=O)NCC3CCCN3)cnc2[nH]1. The molecule has 0 saturated carbocycles. The lowest BCUT2D eigenvalue weighted by atomic mass is 10.2. The lowest BCUT2D eigenvalue weighted by molar-refractivity contribution is 0.551. The van der Waals surface area contributed by atoms with Crippen LogP contribution in [0.1, 0.15) is 12.8 Å². The molecule has 0 amide bonds. The average molecular weight is 362 g/mol. The van der Waals surface area contributed by atoms with E-state index >= 15 is 0 Å². The molecule has 1 aliphatic rings. The van der Waals surface area contributed by atoms with Crippen LogP contribution in [0, 0.1) is 0 Å². The molecular weight excluding hydrogens is 346 g/mol. The second-order valence-electron chi connectivity index (χ2n) is 5.12. The van der Waals surface area contributed by atoms with Crippen molar-refractivity contribution in [3.8, 4) is 0 Å². The van der Waals surface area contributed by atoms with Gasteiger partial charge in [-0.15, -0.1) is 12.4 Å². The summed E-state index contributed by atoms with van der Waals surface area (Å²) in [5.41, 5.74) is -1.32. The van der Waals surface area contributed by atoms with Crippen LogP contribution in [0.25, 0.3) is 11.0 Å². The van der Waals surface area contributed by atoms with E-state index in [4.69, 9.17) is 0 Å². The molecule has 3 rings (SSSR count). The Morgan fingerprint density at radius 1 is 1.30 bits per heavy atom. The fraction of sp³-hybridized carbons (Fsp3) is 0.417. The number of hydrogen-bond acceptors (Lipinski definition) is 6. The maximum atomic E-state index is 12.2. The molecule has 2 aromatic heterocycles. The van der Waals surface area contributed by atoms with Gasteiger partial charge in [-0.3, -0.25) is 14.8 Å². The Balaban J connectivity index is 0.00000192. The number of nitrogens with zero attached hydrogens (tertiary/aromatic N) is 1. The van der Waals surface area contributed by atoms with Gasteiger partial charge in [0.05, 0.1) is 5.39 Å². The maximum absolute atomic E-state index is 12.2. The van der Waals surface area contributed by atoms with Crippen LogP contribution in [-0.4, -0.2) is 42.5 Å². The molecule has 1 saturated heterocycles. The minimum atomic E-state index is -3.76. The number of sulfonamides is 1. The minimum absolute atomic E-state index is 0. The molecule has 126 valence electrons. The van der Waals surface area contributed by atoms with E-state index in [0.717, 1.165) is 25.6 Å². The molecule has 1 atom stereocenters. The number of nitrogens with one attached hydrogen (secondary N) is 4. The van der Waals surface area contributed by atoms with Crippen molar-refractivity contribution in [1.82, 2.24) is 25.0 Å². The fourth-order valence-electron chi connectivity index (χ4n) is 2.40. The molecule has 9 nitrogen and oxygen atoms in total. The van der Waals surface area contributed by atoms with Crippen LogP contribution in [0.15, 0.2) is 26.7 Å². The van der Waals surface area contributed by atoms with E-state index in [1.54, 1.807) is 0 Å². The predicted octanol–water partition coefficient (Wildman–Crippen LogP) is -0.936. The quantitative estimate of drug-likeness (QED) is 0.555. The van der Waals surface area contributed by atoms with Crippen LogP contribution in [0.4, 0.5) is 0 Å². The summed E-state index contributed by atoms with van der Waals surface area (Å²) in [5.74, 6) is 0. The van der Waals surface area contributed by atoms with Crippen molar-refractivity contribution in [2.24, 2.45) is 0 Å². The van der Waals surface area contributed by atoms with Crippen LogP contribution < -0.4 is 21.3 Å². The summed E-state index contributed by atoms with van der Waals surface area (Å²) in [7, 11) is -3.76. The number of fused-ring (bicyclic) bond motifs is 1. The van der Waals surface area contributed by atoms with Gasteiger partial charge in [-0.1, -0.05) is 0 Å². The lowest BCUT2D eigenvalue weighted by Crippen LogP contribution is -2.37. The third kappa shape index (κ3) is 3.78. The molecular formula is C12H16ClN5O4S. The number of rotatable bonds is 4. The lowest BCUT2D eigenvalue weighted by Gasteiger charge is -2.12. The molecule has 0 radical (unpaired) electrons. The van der Waals surface area contributed by atoms with Gasteiger partial charge in [0.2, 0.25) is 10.0 Å². The molecule has 4 N–H and O–H groups in total. The second kappa shape index (κ2) is 6.79. The normalized spacial score (nSPS) is 18.0. The Kier molecular flexibility index (Phi) is 5.19. The van der Waals surface area contributed by atoms with E-state index in [1.165, 1.54) is 6.07 Å². The first-order valence-corrected chi connectivity index (χ1v) is 8.29. The number of pyridine rings is 1. The molecule has 2 aromatic rings. The van der Waals surface area contributed by atoms with Crippen molar-refractivity contribution in [2.75, 3.05) is 13.1 Å². The predicted molar refractivity (Wildman–Crippen MR) is 86.4 cm³/mol. The largest absolute Gasteiger partial charge is 0.327 e. The summed E-state index contributed by atoms with van der Waals surface area (Å²) in [6.45, 7) is 1.16. The zero-order valence-electron chi connectivity index (χ0n) is 12.0. The van der Waals surface area contributed by atoms with E-state index in [1.807, 2.05) is 4.98 Å². The second-order valence-corrected chi connectivity index (χ2v) is 6.89. The van der Waals surface area contributed by atoms with Crippen molar-refractivity contribution in [1.29, 1.82) is 0 Å². The molecule has 3 heterocycles. The molecule has 0 spiro atoms. The zero-order chi connectivity index (χ0) is 15.7. The average Bonchev–Trinajstić information content (AvgIpc) is 2.98. The first-order chi connectivity index (χ1) is 10.5. The molecule has 0 aliphatic carbocycles. The van der Waals surface area contributed by atoms with Crippen LogP contribution in [0.5, 0.6) is 0 Å². The summed E-state index contributed by atoms with van der Waals surface area (Å²) >= 11 is 0. The van der Waals surface area contributed by atoms with E-state index < -0.39 is 21.3 Å². The van der Waals surface area contributed by atoms with Crippen molar-refractivity contribution in [2.45, 2.75) is 23.8 Å². The molecule has 23 heavy (non-hydrogen) atoms. The third-order valence-corrected chi connectivity index (χ3v) is 4.95. The van der Waals surface area contributed by atoms with E-state index in [0.29, 0.717) is 0 Å². The highest BCUT2D eigenvalue weighted by Crippen LogP contribution is 2.12. The van der Waals surface area contributed by atoms with Crippen molar-refractivity contribution in [3.63, 3.8) is 0 Å². The van der Waals surface area contributed by atoms with E-state index in [-0.39, 0.29) is 40.9 Å². The Labute approximate surface area is 137 Å². The van der Waals surface area contributed by atoms with E-state index in [9.17, 15) is 18.0 Å². The van der Waals surface area contributed by atoms with Crippen molar-refractivity contribution < 1.29 is 8.42 Å². The van der Waals surface area contributed by atoms with Gasteiger partial charge >= 0.3 is 5.69 Å². The Hall–Kier alpha value is -1.75. The van der Waals surface area contributed by atoms with Gasteiger partial charge in [-0.05, 0) is 25.5 Å². The van der Waals surface area contributed by atoms with Crippen LogP contribution >= 0.6 is 12.4 Å². The first-order valence-electron chi connectivity index (χ1n) is 6.81. The molecule has 1 aliphatic heterocycles. The monoisotopic (exact) mass is 361 g/mol. The molecule has 0 aromatic carbocycles. The van der Waals surface area contributed by atoms with Crippen LogP contribution in [0.3, 0.4) is 0 Å². The fourth-order valence-corrected chi connectivity index (χ4v) is 3.45. The van der Waals surface area contributed by atoms with Gasteiger partial charge in [-0.2, -0.15) is 0 Å².